The summed E-state index contributed by atoms with van der Waals surface area (Å²) >= 11 is 1.59. The molecule has 1 atom stereocenters. The van der Waals surface area contributed by atoms with Gasteiger partial charge in [0, 0.05) is 12.3 Å². The molecule has 0 aliphatic carbocycles. The number of aromatic nitrogens is 3. The van der Waals surface area contributed by atoms with Gasteiger partial charge < -0.3 is 9.67 Å². The Kier molecular flexibility index (Phi) is 7.16. The number of unbranched alkanes of at least 4 members (excludes halogenated alkanes) is 1. The highest BCUT2D eigenvalue weighted by atomic mass is 32.2. The van der Waals surface area contributed by atoms with Gasteiger partial charge >= 0.3 is 0 Å². The molecule has 0 aromatic carbocycles. The SMILES string of the molecule is CCCCn1c(SCC(C)(C)O)nnc1[C@H](CC)N(C)C. The molecule has 122 valence electrons. The van der Waals surface area contributed by atoms with E-state index in [1.54, 1.807) is 11.8 Å². The molecule has 1 aromatic rings. The van der Waals surface area contributed by atoms with Crippen LogP contribution in [0, 0.1) is 0 Å². The van der Waals surface area contributed by atoms with Gasteiger partial charge in [0.1, 0.15) is 0 Å². The second kappa shape index (κ2) is 8.15. The lowest BCUT2D eigenvalue weighted by Gasteiger charge is -2.23. The average Bonchev–Trinajstić information content (AvgIpc) is 2.76. The second-order valence-electron chi connectivity index (χ2n) is 6.33. The van der Waals surface area contributed by atoms with Gasteiger partial charge in [-0.2, -0.15) is 0 Å². The van der Waals surface area contributed by atoms with Crippen LogP contribution in [0.15, 0.2) is 5.16 Å². The maximum Gasteiger partial charge on any atom is 0.191 e. The Labute approximate surface area is 133 Å². The van der Waals surface area contributed by atoms with Crippen molar-refractivity contribution in [2.24, 2.45) is 0 Å². The van der Waals surface area contributed by atoms with Gasteiger partial charge in [0.25, 0.3) is 0 Å². The Morgan fingerprint density at radius 2 is 1.95 bits per heavy atom. The van der Waals surface area contributed by atoms with Crippen molar-refractivity contribution >= 4 is 11.8 Å². The van der Waals surface area contributed by atoms with Gasteiger partial charge in [-0.25, -0.2) is 0 Å². The van der Waals surface area contributed by atoms with Crippen LogP contribution >= 0.6 is 11.8 Å². The molecule has 21 heavy (non-hydrogen) atoms. The van der Waals surface area contributed by atoms with E-state index in [1.807, 2.05) is 13.8 Å². The van der Waals surface area contributed by atoms with E-state index < -0.39 is 5.60 Å². The first-order valence-electron chi connectivity index (χ1n) is 7.74. The minimum atomic E-state index is -0.696. The summed E-state index contributed by atoms with van der Waals surface area (Å²) in [5.41, 5.74) is -0.696. The third-order valence-electron chi connectivity index (χ3n) is 3.34. The van der Waals surface area contributed by atoms with Gasteiger partial charge in [0.05, 0.1) is 11.6 Å². The Balaban J connectivity index is 3.00. The van der Waals surface area contributed by atoms with Crippen molar-refractivity contribution in [3.8, 4) is 0 Å². The lowest BCUT2D eigenvalue weighted by molar-refractivity contribution is 0.107. The van der Waals surface area contributed by atoms with Crippen LogP contribution in [0.5, 0.6) is 0 Å². The van der Waals surface area contributed by atoms with E-state index in [-0.39, 0.29) is 6.04 Å². The van der Waals surface area contributed by atoms with Gasteiger partial charge in [-0.1, -0.05) is 32.0 Å². The first-order valence-corrected chi connectivity index (χ1v) is 8.73. The van der Waals surface area contributed by atoms with E-state index in [9.17, 15) is 5.11 Å². The molecule has 1 N–H and O–H groups in total. The smallest absolute Gasteiger partial charge is 0.191 e. The van der Waals surface area contributed by atoms with Crippen molar-refractivity contribution in [3.63, 3.8) is 0 Å². The number of hydrogen-bond acceptors (Lipinski definition) is 5. The van der Waals surface area contributed by atoms with E-state index in [0.29, 0.717) is 5.75 Å². The highest BCUT2D eigenvalue weighted by Gasteiger charge is 2.23. The summed E-state index contributed by atoms with van der Waals surface area (Å²) in [6.45, 7) is 8.95. The van der Waals surface area contributed by atoms with Crippen LogP contribution in [0.25, 0.3) is 0 Å². The standard InChI is InChI=1S/C15H30N4OS/c1-7-9-10-19-13(12(8-2)18(5)6)16-17-14(19)21-11-15(3,4)20/h12,20H,7-11H2,1-6H3/t12-/m0/s1. The first kappa shape index (κ1) is 18.5. The Morgan fingerprint density at radius 3 is 2.43 bits per heavy atom. The number of aliphatic hydroxyl groups is 1. The fourth-order valence-electron chi connectivity index (χ4n) is 2.20. The summed E-state index contributed by atoms with van der Waals surface area (Å²) < 4.78 is 2.23. The molecule has 5 nitrogen and oxygen atoms in total. The molecule has 1 aromatic heterocycles. The molecule has 0 aliphatic rings. The van der Waals surface area contributed by atoms with E-state index >= 15 is 0 Å². The highest BCUT2D eigenvalue weighted by Crippen LogP contribution is 2.27. The molecule has 0 saturated carbocycles. The van der Waals surface area contributed by atoms with Crippen LogP contribution in [-0.4, -0.2) is 50.2 Å². The zero-order valence-electron chi connectivity index (χ0n) is 14.3. The third-order valence-corrected chi connectivity index (χ3v) is 4.75. The molecule has 0 radical (unpaired) electrons. The molecule has 0 spiro atoms. The van der Waals surface area contributed by atoms with Crippen molar-refractivity contribution < 1.29 is 5.11 Å². The van der Waals surface area contributed by atoms with Crippen LogP contribution in [0.4, 0.5) is 0 Å². The van der Waals surface area contributed by atoms with Gasteiger partial charge in [-0.05, 0) is 40.8 Å². The quantitative estimate of drug-likeness (QED) is 0.710. The van der Waals surface area contributed by atoms with Crippen LogP contribution in [-0.2, 0) is 6.54 Å². The van der Waals surface area contributed by atoms with Gasteiger partial charge in [-0.15, -0.1) is 10.2 Å². The van der Waals surface area contributed by atoms with Crippen molar-refractivity contribution in [3.05, 3.63) is 5.82 Å². The summed E-state index contributed by atoms with van der Waals surface area (Å²) in [5.74, 6) is 1.66. The number of nitrogens with zero attached hydrogens (tertiary/aromatic N) is 4. The second-order valence-corrected chi connectivity index (χ2v) is 7.28. The molecule has 0 fully saturated rings. The lowest BCUT2D eigenvalue weighted by atomic mass is 10.2. The zero-order chi connectivity index (χ0) is 16.0. The molecule has 1 heterocycles. The van der Waals surface area contributed by atoms with Gasteiger partial charge in [0.15, 0.2) is 11.0 Å². The molecule has 0 aliphatic heterocycles. The normalized spacial score (nSPS) is 13.9. The maximum atomic E-state index is 9.91. The molecule has 0 unspecified atom stereocenters. The highest BCUT2D eigenvalue weighted by molar-refractivity contribution is 7.99. The largest absolute Gasteiger partial charge is 0.390 e. The topological polar surface area (TPSA) is 54.2 Å². The summed E-state index contributed by atoms with van der Waals surface area (Å²) in [4.78, 5) is 2.19. The molecular formula is C15H30N4OS. The third kappa shape index (κ3) is 5.60. The Morgan fingerprint density at radius 1 is 1.29 bits per heavy atom. The van der Waals surface area contributed by atoms with E-state index in [0.717, 1.165) is 36.8 Å². The predicted octanol–water partition coefficient (Wildman–Crippen LogP) is 2.95. The van der Waals surface area contributed by atoms with E-state index in [1.165, 1.54) is 0 Å². The Bertz CT molecular complexity index is 426. The minimum absolute atomic E-state index is 0.283. The van der Waals surface area contributed by atoms with Crippen molar-refractivity contribution in [1.82, 2.24) is 19.7 Å². The fourth-order valence-corrected chi connectivity index (χ4v) is 3.12. The summed E-state index contributed by atoms with van der Waals surface area (Å²) in [5, 5.41) is 19.6. The minimum Gasteiger partial charge on any atom is -0.390 e. The van der Waals surface area contributed by atoms with E-state index in [2.05, 4.69) is 47.6 Å². The molecular weight excluding hydrogens is 284 g/mol. The van der Waals surface area contributed by atoms with Crippen LogP contribution < -0.4 is 0 Å². The van der Waals surface area contributed by atoms with Crippen LogP contribution in [0.2, 0.25) is 0 Å². The Hall–Kier alpha value is -0.590. The number of thioether (sulfide) groups is 1. The van der Waals surface area contributed by atoms with Crippen molar-refractivity contribution in [2.45, 2.75) is 70.3 Å². The molecule has 0 bridgehead atoms. The maximum absolute atomic E-state index is 9.91. The number of rotatable bonds is 9. The fraction of sp³-hybridized carbons (Fsp3) is 0.867. The molecule has 0 saturated heterocycles. The van der Waals surface area contributed by atoms with Crippen molar-refractivity contribution in [1.29, 1.82) is 0 Å². The molecule has 1 rings (SSSR count). The lowest BCUT2D eigenvalue weighted by Crippen LogP contribution is -2.24. The van der Waals surface area contributed by atoms with Gasteiger partial charge in [-0.3, -0.25) is 4.90 Å². The van der Waals surface area contributed by atoms with Gasteiger partial charge in [0.2, 0.25) is 0 Å². The monoisotopic (exact) mass is 314 g/mol. The van der Waals surface area contributed by atoms with Crippen molar-refractivity contribution in [2.75, 3.05) is 19.8 Å². The summed E-state index contributed by atoms with van der Waals surface area (Å²) in [6.07, 6.45) is 3.27. The van der Waals surface area contributed by atoms with Crippen LogP contribution in [0.3, 0.4) is 0 Å². The first-order chi connectivity index (χ1) is 9.80. The summed E-state index contributed by atoms with van der Waals surface area (Å²) in [6, 6.07) is 0.283. The molecule has 6 heteroatoms. The average molecular weight is 314 g/mol. The zero-order valence-corrected chi connectivity index (χ0v) is 15.1. The number of hydrogen-bond donors (Lipinski definition) is 1. The summed E-state index contributed by atoms with van der Waals surface area (Å²) in [7, 11) is 4.16. The van der Waals surface area contributed by atoms with E-state index in [4.69, 9.17) is 0 Å². The van der Waals surface area contributed by atoms with Crippen LogP contribution in [0.1, 0.15) is 58.8 Å². The molecule has 0 amide bonds. The predicted molar refractivity (Wildman–Crippen MR) is 88.7 cm³/mol.